The monoisotopic (exact) mass is 188 g/mol. The van der Waals surface area contributed by atoms with Crippen molar-refractivity contribution in [1.29, 1.82) is 0 Å². The van der Waals surface area contributed by atoms with Gasteiger partial charge in [-0.15, -0.1) is 0 Å². The number of methoxy groups -OCH3 is 1. The van der Waals surface area contributed by atoms with Crippen LogP contribution in [0, 0.1) is 0 Å². The fraction of sp³-hybridized carbons (Fsp3) is 0.714. The molecule has 0 aromatic rings. The lowest BCUT2D eigenvalue weighted by Gasteiger charge is -2.31. The summed E-state index contributed by atoms with van der Waals surface area (Å²) in [6.45, 7) is 1.23. The molecule has 1 saturated heterocycles. The number of hydrogen-bond donors (Lipinski definition) is 2. The summed E-state index contributed by atoms with van der Waals surface area (Å²) < 4.78 is 4.47. The maximum atomic E-state index is 11.1. The standard InChI is InChI=1S/C7H12N2O4/c1-13-7(12)9-3-2-8-4-5(9)6(10)11/h5,8H,2-4H2,1H3,(H,10,11)/t5-/m0/s1. The third kappa shape index (κ3) is 2.09. The summed E-state index contributed by atoms with van der Waals surface area (Å²) in [5.41, 5.74) is 0. The van der Waals surface area contributed by atoms with Crippen molar-refractivity contribution >= 4 is 12.1 Å². The van der Waals surface area contributed by atoms with Gasteiger partial charge in [0.2, 0.25) is 0 Å². The van der Waals surface area contributed by atoms with E-state index in [1.54, 1.807) is 0 Å². The molecule has 1 atom stereocenters. The van der Waals surface area contributed by atoms with E-state index in [0.717, 1.165) is 0 Å². The van der Waals surface area contributed by atoms with Crippen molar-refractivity contribution in [2.75, 3.05) is 26.7 Å². The molecule has 0 aromatic heterocycles. The number of nitrogens with one attached hydrogen (secondary N) is 1. The second-order valence-corrected chi connectivity index (χ2v) is 2.72. The summed E-state index contributed by atoms with van der Waals surface area (Å²) in [6.07, 6.45) is -0.589. The third-order valence-electron chi connectivity index (χ3n) is 1.94. The molecule has 13 heavy (non-hydrogen) atoms. The molecule has 6 nitrogen and oxygen atoms in total. The average molecular weight is 188 g/mol. The van der Waals surface area contributed by atoms with Crippen LogP contribution in [0.2, 0.25) is 0 Å². The van der Waals surface area contributed by atoms with Gasteiger partial charge in [0.1, 0.15) is 6.04 Å². The van der Waals surface area contributed by atoms with Gasteiger partial charge in [-0.3, -0.25) is 4.90 Å². The lowest BCUT2D eigenvalue weighted by Crippen LogP contribution is -2.56. The molecule has 0 saturated carbocycles. The highest BCUT2D eigenvalue weighted by molar-refractivity contribution is 5.80. The van der Waals surface area contributed by atoms with Crippen molar-refractivity contribution in [3.8, 4) is 0 Å². The van der Waals surface area contributed by atoms with Crippen molar-refractivity contribution in [2.24, 2.45) is 0 Å². The first-order chi connectivity index (χ1) is 6.16. The summed E-state index contributed by atoms with van der Waals surface area (Å²) in [4.78, 5) is 23.0. The van der Waals surface area contributed by atoms with Crippen LogP contribution in [-0.4, -0.2) is 54.9 Å². The van der Waals surface area contributed by atoms with E-state index in [2.05, 4.69) is 10.1 Å². The van der Waals surface area contributed by atoms with Gasteiger partial charge < -0.3 is 15.2 Å². The molecule has 1 fully saturated rings. The van der Waals surface area contributed by atoms with Crippen LogP contribution in [0.4, 0.5) is 4.79 Å². The summed E-state index contributed by atoms with van der Waals surface area (Å²) in [5, 5.41) is 11.7. The number of carboxylic acids is 1. The number of aliphatic carboxylic acids is 1. The van der Waals surface area contributed by atoms with E-state index in [9.17, 15) is 9.59 Å². The molecule has 74 valence electrons. The van der Waals surface area contributed by atoms with E-state index in [1.165, 1.54) is 12.0 Å². The highest BCUT2D eigenvalue weighted by Crippen LogP contribution is 2.05. The van der Waals surface area contributed by atoms with Crippen LogP contribution in [0.15, 0.2) is 0 Å². The Kier molecular flexibility index (Phi) is 3.07. The van der Waals surface area contributed by atoms with Crippen LogP contribution in [0.25, 0.3) is 0 Å². The van der Waals surface area contributed by atoms with Gasteiger partial charge in [0.15, 0.2) is 0 Å². The number of carbonyl (C=O) groups excluding carboxylic acids is 1. The van der Waals surface area contributed by atoms with E-state index in [0.29, 0.717) is 13.1 Å². The van der Waals surface area contributed by atoms with Crippen molar-refractivity contribution in [1.82, 2.24) is 10.2 Å². The molecule has 2 N–H and O–H groups in total. The van der Waals surface area contributed by atoms with E-state index < -0.39 is 18.1 Å². The molecular formula is C7H12N2O4. The van der Waals surface area contributed by atoms with Crippen molar-refractivity contribution in [3.05, 3.63) is 0 Å². The molecule has 0 bridgehead atoms. The van der Waals surface area contributed by atoms with Gasteiger partial charge in [-0.2, -0.15) is 0 Å². The Morgan fingerprint density at radius 1 is 1.62 bits per heavy atom. The average Bonchev–Trinajstić information content (AvgIpc) is 2.16. The van der Waals surface area contributed by atoms with Gasteiger partial charge in [-0.25, -0.2) is 9.59 Å². The molecule has 0 spiro atoms. The topological polar surface area (TPSA) is 78.9 Å². The first-order valence-electron chi connectivity index (χ1n) is 3.95. The van der Waals surface area contributed by atoms with Gasteiger partial charge >= 0.3 is 12.1 Å². The number of carboxylic acid groups (broad SMARTS) is 1. The number of hydrogen-bond acceptors (Lipinski definition) is 4. The molecule has 1 rings (SSSR count). The smallest absolute Gasteiger partial charge is 0.410 e. The SMILES string of the molecule is COC(=O)N1CCNC[C@H]1C(=O)O. The minimum Gasteiger partial charge on any atom is -0.480 e. The largest absolute Gasteiger partial charge is 0.480 e. The zero-order valence-electron chi connectivity index (χ0n) is 7.32. The predicted molar refractivity (Wildman–Crippen MR) is 43.4 cm³/mol. The number of rotatable bonds is 1. The number of nitrogens with zero attached hydrogens (tertiary/aromatic N) is 1. The Labute approximate surface area is 75.5 Å². The normalized spacial score (nSPS) is 22.5. The fourth-order valence-electron chi connectivity index (χ4n) is 1.26. The lowest BCUT2D eigenvalue weighted by molar-refractivity contribution is -0.143. The Balaban J connectivity index is 2.67. The molecule has 1 aliphatic heterocycles. The lowest BCUT2D eigenvalue weighted by atomic mass is 10.2. The van der Waals surface area contributed by atoms with Gasteiger partial charge in [0.05, 0.1) is 7.11 Å². The number of carbonyl (C=O) groups is 2. The first kappa shape index (κ1) is 9.79. The number of piperazine rings is 1. The zero-order valence-corrected chi connectivity index (χ0v) is 7.32. The fourth-order valence-corrected chi connectivity index (χ4v) is 1.26. The second-order valence-electron chi connectivity index (χ2n) is 2.72. The number of amides is 1. The predicted octanol–water partition coefficient (Wildman–Crippen LogP) is -0.889. The maximum absolute atomic E-state index is 11.1. The molecule has 1 heterocycles. The molecule has 0 aliphatic carbocycles. The molecule has 6 heteroatoms. The summed E-state index contributed by atoms with van der Waals surface area (Å²) in [7, 11) is 1.24. The minimum atomic E-state index is -1.02. The van der Waals surface area contributed by atoms with Crippen molar-refractivity contribution in [2.45, 2.75) is 6.04 Å². The summed E-state index contributed by atoms with van der Waals surface area (Å²) >= 11 is 0. The van der Waals surface area contributed by atoms with E-state index >= 15 is 0 Å². The Morgan fingerprint density at radius 2 is 2.31 bits per heavy atom. The van der Waals surface area contributed by atoms with Crippen LogP contribution in [-0.2, 0) is 9.53 Å². The first-order valence-corrected chi connectivity index (χ1v) is 3.95. The molecule has 0 aromatic carbocycles. The molecule has 1 amide bonds. The van der Waals surface area contributed by atoms with Crippen LogP contribution in [0.5, 0.6) is 0 Å². The van der Waals surface area contributed by atoms with Crippen molar-refractivity contribution < 1.29 is 19.4 Å². The van der Waals surface area contributed by atoms with Gasteiger partial charge in [0.25, 0.3) is 0 Å². The third-order valence-corrected chi connectivity index (χ3v) is 1.94. The molecular weight excluding hydrogens is 176 g/mol. The second kappa shape index (κ2) is 4.08. The maximum Gasteiger partial charge on any atom is 0.410 e. The van der Waals surface area contributed by atoms with E-state index in [4.69, 9.17) is 5.11 Å². The van der Waals surface area contributed by atoms with Gasteiger partial charge in [-0.05, 0) is 0 Å². The molecule has 0 radical (unpaired) electrons. The van der Waals surface area contributed by atoms with Crippen molar-refractivity contribution in [3.63, 3.8) is 0 Å². The summed E-state index contributed by atoms with van der Waals surface area (Å²) in [6, 6.07) is -0.818. The Hall–Kier alpha value is -1.30. The number of ether oxygens (including phenoxy) is 1. The quantitative estimate of drug-likeness (QED) is 0.558. The van der Waals surface area contributed by atoms with E-state index in [-0.39, 0.29) is 6.54 Å². The molecule has 0 unspecified atom stereocenters. The highest BCUT2D eigenvalue weighted by atomic mass is 16.5. The molecule has 1 aliphatic rings. The van der Waals surface area contributed by atoms with Crippen LogP contribution >= 0.6 is 0 Å². The van der Waals surface area contributed by atoms with E-state index in [1.807, 2.05) is 0 Å². The Bertz CT molecular complexity index is 219. The minimum absolute atomic E-state index is 0.268. The summed E-state index contributed by atoms with van der Waals surface area (Å²) in [5.74, 6) is -1.02. The van der Waals surface area contributed by atoms with Crippen LogP contribution < -0.4 is 5.32 Å². The van der Waals surface area contributed by atoms with Gasteiger partial charge in [0, 0.05) is 19.6 Å². The highest BCUT2D eigenvalue weighted by Gasteiger charge is 2.32. The zero-order chi connectivity index (χ0) is 9.84. The van der Waals surface area contributed by atoms with Crippen LogP contribution in [0.1, 0.15) is 0 Å². The van der Waals surface area contributed by atoms with Gasteiger partial charge in [-0.1, -0.05) is 0 Å². The Morgan fingerprint density at radius 3 is 2.85 bits per heavy atom. The van der Waals surface area contributed by atoms with Crippen LogP contribution in [0.3, 0.4) is 0 Å².